The van der Waals surface area contributed by atoms with Crippen molar-refractivity contribution >= 4 is 17.6 Å². The minimum atomic E-state index is -0.962. The van der Waals surface area contributed by atoms with Gasteiger partial charge in [-0.05, 0) is 30.7 Å². The van der Waals surface area contributed by atoms with Gasteiger partial charge in [-0.2, -0.15) is 0 Å². The second-order valence-electron chi connectivity index (χ2n) is 5.04. The molecule has 1 aromatic rings. The van der Waals surface area contributed by atoms with Crippen LogP contribution in [0.1, 0.15) is 36.7 Å². The maximum atomic E-state index is 11.7. The monoisotopic (exact) mass is 235 g/mol. The maximum Gasteiger partial charge on any atom is 0.335 e. The molecule has 0 radical (unpaired) electrons. The molecule has 0 fully saturated rings. The topological polar surface area (TPSA) is 66.4 Å². The lowest BCUT2D eigenvalue weighted by Crippen LogP contribution is -2.27. The molecule has 1 rings (SSSR count). The van der Waals surface area contributed by atoms with E-state index in [-0.39, 0.29) is 11.5 Å². The molecule has 4 nitrogen and oxygen atoms in total. The summed E-state index contributed by atoms with van der Waals surface area (Å²) in [5.74, 6) is -1.06. The molecule has 17 heavy (non-hydrogen) atoms. The number of benzene rings is 1. The molecule has 0 spiro atoms. The summed E-state index contributed by atoms with van der Waals surface area (Å²) >= 11 is 0. The Kier molecular flexibility index (Phi) is 3.56. The summed E-state index contributed by atoms with van der Waals surface area (Å²) in [7, 11) is 0. The van der Waals surface area contributed by atoms with Gasteiger partial charge >= 0.3 is 5.97 Å². The molecule has 0 bridgehead atoms. The standard InChI is InChI=1S/C13H17NO3/c1-8-7-9(5-6-10(8)11(15)16)14-12(17)13(2,3)4/h5-7H,1-4H3,(H,14,17)(H,15,16). The van der Waals surface area contributed by atoms with Gasteiger partial charge in [0, 0.05) is 11.1 Å². The molecular formula is C13H17NO3. The lowest BCUT2D eigenvalue weighted by atomic mass is 9.95. The van der Waals surface area contributed by atoms with E-state index in [0.29, 0.717) is 11.3 Å². The molecule has 0 aliphatic heterocycles. The number of carboxylic acid groups (broad SMARTS) is 1. The van der Waals surface area contributed by atoms with Crippen LogP contribution in [0.15, 0.2) is 18.2 Å². The number of anilines is 1. The summed E-state index contributed by atoms with van der Waals surface area (Å²) in [6, 6.07) is 4.75. The van der Waals surface area contributed by atoms with Crippen LogP contribution in [0.4, 0.5) is 5.69 Å². The van der Waals surface area contributed by atoms with Gasteiger partial charge in [0.1, 0.15) is 0 Å². The Morgan fingerprint density at radius 3 is 2.24 bits per heavy atom. The van der Waals surface area contributed by atoms with Crippen LogP contribution < -0.4 is 5.32 Å². The average Bonchev–Trinajstić information content (AvgIpc) is 2.15. The third-order valence-electron chi connectivity index (χ3n) is 2.40. The van der Waals surface area contributed by atoms with E-state index in [2.05, 4.69) is 5.32 Å². The second kappa shape index (κ2) is 4.57. The van der Waals surface area contributed by atoms with Crippen molar-refractivity contribution in [3.8, 4) is 0 Å². The van der Waals surface area contributed by atoms with Gasteiger partial charge in [-0.15, -0.1) is 0 Å². The van der Waals surface area contributed by atoms with Gasteiger partial charge in [0.05, 0.1) is 5.56 Å². The summed E-state index contributed by atoms with van der Waals surface area (Å²) < 4.78 is 0. The zero-order valence-electron chi connectivity index (χ0n) is 10.5. The molecule has 0 unspecified atom stereocenters. The van der Waals surface area contributed by atoms with Gasteiger partial charge in [-0.3, -0.25) is 4.79 Å². The van der Waals surface area contributed by atoms with Gasteiger partial charge < -0.3 is 10.4 Å². The van der Waals surface area contributed by atoms with Crippen LogP contribution >= 0.6 is 0 Å². The highest BCUT2D eigenvalue weighted by Gasteiger charge is 2.21. The second-order valence-corrected chi connectivity index (χ2v) is 5.04. The number of carbonyl (C=O) groups excluding carboxylic acids is 1. The first-order chi connectivity index (χ1) is 7.71. The fourth-order valence-electron chi connectivity index (χ4n) is 1.30. The molecule has 0 heterocycles. The van der Waals surface area contributed by atoms with Crippen LogP contribution in [-0.4, -0.2) is 17.0 Å². The molecule has 0 aliphatic carbocycles. The van der Waals surface area contributed by atoms with Crippen molar-refractivity contribution < 1.29 is 14.7 Å². The number of carbonyl (C=O) groups is 2. The van der Waals surface area contributed by atoms with Crippen LogP contribution in [0, 0.1) is 12.3 Å². The van der Waals surface area contributed by atoms with Gasteiger partial charge in [-0.1, -0.05) is 20.8 Å². The predicted octanol–water partition coefficient (Wildman–Crippen LogP) is 2.68. The number of amides is 1. The number of rotatable bonds is 2. The normalized spacial score (nSPS) is 11.1. The number of nitrogens with one attached hydrogen (secondary N) is 1. The van der Waals surface area contributed by atoms with Gasteiger partial charge in [-0.25, -0.2) is 4.79 Å². The summed E-state index contributed by atoms with van der Waals surface area (Å²) in [6.07, 6.45) is 0. The number of hydrogen-bond acceptors (Lipinski definition) is 2. The highest BCUT2D eigenvalue weighted by atomic mass is 16.4. The minimum Gasteiger partial charge on any atom is -0.478 e. The number of aromatic carboxylic acids is 1. The fourth-order valence-corrected chi connectivity index (χ4v) is 1.30. The first-order valence-electron chi connectivity index (χ1n) is 5.37. The highest BCUT2D eigenvalue weighted by molar-refractivity contribution is 5.95. The van der Waals surface area contributed by atoms with Crippen molar-refractivity contribution in [1.82, 2.24) is 0 Å². The van der Waals surface area contributed by atoms with E-state index in [9.17, 15) is 9.59 Å². The molecule has 0 saturated heterocycles. The van der Waals surface area contributed by atoms with E-state index in [1.807, 2.05) is 20.8 Å². The molecule has 1 amide bonds. The highest BCUT2D eigenvalue weighted by Crippen LogP contribution is 2.19. The molecule has 4 heteroatoms. The van der Waals surface area contributed by atoms with Gasteiger partial charge in [0.2, 0.25) is 5.91 Å². The molecule has 92 valence electrons. The Balaban J connectivity index is 2.92. The van der Waals surface area contributed by atoms with Crippen molar-refractivity contribution in [2.75, 3.05) is 5.32 Å². The van der Waals surface area contributed by atoms with Gasteiger partial charge in [0.25, 0.3) is 0 Å². The Morgan fingerprint density at radius 1 is 1.24 bits per heavy atom. The van der Waals surface area contributed by atoms with Crippen LogP contribution in [0.3, 0.4) is 0 Å². The molecule has 0 aliphatic rings. The fraction of sp³-hybridized carbons (Fsp3) is 0.385. The van der Waals surface area contributed by atoms with Crippen molar-refractivity contribution in [2.24, 2.45) is 5.41 Å². The first kappa shape index (κ1) is 13.2. The Hall–Kier alpha value is -1.84. The van der Waals surface area contributed by atoms with E-state index in [1.165, 1.54) is 6.07 Å². The average molecular weight is 235 g/mol. The summed E-state index contributed by atoms with van der Waals surface area (Å²) in [5, 5.41) is 11.6. The predicted molar refractivity (Wildman–Crippen MR) is 66.2 cm³/mol. The lowest BCUT2D eigenvalue weighted by Gasteiger charge is -2.18. The third kappa shape index (κ3) is 3.31. The zero-order valence-corrected chi connectivity index (χ0v) is 10.5. The summed E-state index contributed by atoms with van der Waals surface area (Å²) in [4.78, 5) is 22.6. The summed E-state index contributed by atoms with van der Waals surface area (Å²) in [6.45, 7) is 7.17. The number of hydrogen-bond donors (Lipinski definition) is 2. The van der Waals surface area contributed by atoms with Crippen LogP contribution in [0.5, 0.6) is 0 Å². The Labute approximate surface area is 101 Å². The Bertz CT molecular complexity index is 458. The van der Waals surface area contributed by atoms with Crippen molar-refractivity contribution in [3.05, 3.63) is 29.3 Å². The largest absolute Gasteiger partial charge is 0.478 e. The van der Waals surface area contributed by atoms with E-state index in [1.54, 1.807) is 19.1 Å². The molecule has 1 aromatic carbocycles. The molecular weight excluding hydrogens is 218 g/mol. The quantitative estimate of drug-likeness (QED) is 0.828. The molecule has 0 saturated carbocycles. The third-order valence-corrected chi connectivity index (χ3v) is 2.40. The molecule has 0 atom stereocenters. The summed E-state index contributed by atoms with van der Waals surface area (Å²) in [5.41, 5.74) is 1.02. The number of aryl methyl sites for hydroxylation is 1. The van der Waals surface area contributed by atoms with Crippen LogP contribution in [0.2, 0.25) is 0 Å². The van der Waals surface area contributed by atoms with E-state index in [0.717, 1.165) is 0 Å². The van der Waals surface area contributed by atoms with E-state index in [4.69, 9.17) is 5.11 Å². The SMILES string of the molecule is Cc1cc(NC(=O)C(C)(C)C)ccc1C(=O)O. The maximum absolute atomic E-state index is 11.7. The molecule has 2 N–H and O–H groups in total. The lowest BCUT2D eigenvalue weighted by molar-refractivity contribution is -0.123. The van der Waals surface area contributed by atoms with Crippen molar-refractivity contribution in [1.29, 1.82) is 0 Å². The zero-order chi connectivity index (χ0) is 13.2. The smallest absolute Gasteiger partial charge is 0.335 e. The first-order valence-corrected chi connectivity index (χ1v) is 5.37. The van der Waals surface area contributed by atoms with Crippen LogP contribution in [0.25, 0.3) is 0 Å². The van der Waals surface area contributed by atoms with E-state index < -0.39 is 11.4 Å². The van der Waals surface area contributed by atoms with Crippen molar-refractivity contribution in [2.45, 2.75) is 27.7 Å². The van der Waals surface area contributed by atoms with Gasteiger partial charge in [0.15, 0.2) is 0 Å². The minimum absolute atomic E-state index is 0.0972. The Morgan fingerprint density at radius 2 is 1.82 bits per heavy atom. The number of carboxylic acids is 1. The van der Waals surface area contributed by atoms with Crippen molar-refractivity contribution in [3.63, 3.8) is 0 Å². The van der Waals surface area contributed by atoms with Crippen LogP contribution in [-0.2, 0) is 4.79 Å². The molecule has 0 aromatic heterocycles. The van der Waals surface area contributed by atoms with E-state index >= 15 is 0 Å².